The minimum atomic E-state index is -0.586. The van der Waals surface area contributed by atoms with Gasteiger partial charge < -0.3 is 15.2 Å². The molecule has 0 aromatic heterocycles. The summed E-state index contributed by atoms with van der Waals surface area (Å²) in [4.78, 5) is 10.8. The largest absolute Gasteiger partial charge is 0.496 e. The lowest BCUT2D eigenvalue weighted by Gasteiger charge is -2.08. The summed E-state index contributed by atoms with van der Waals surface area (Å²) in [5.41, 5.74) is 0.527. The van der Waals surface area contributed by atoms with Crippen molar-refractivity contribution in [2.24, 2.45) is 0 Å². The fraction of sp³-hybridized carbons (Fsp3) is 0.300. The maximum atomic E-state index is 12.9. The molecule has 4 nitrogen and oxygen atoms in total. The lowest BCUT2D eigenvalue weighted by Crippen LogP contribution is -2.25. The van der Waals surface area contributed by atoms with Crippen LogP contribution in [0.25, 0.3) is 0 Å². The average molecular weight is 213 g/mol. The van der Waals surface area contributed by atoms with Crippen LogP contribution in [0, 0.1) is 5.82 Å². The van der Waals surface area contributed by atoms with E-state index in [4.69, 9.17) is 9.84 Å². The van der Waals surface area contributed by atoms with Gasteiger partial charge in [-0.1, -0.05) is 0 Å². The Hall–Kier alpha value is -1.62. The highest BCUT2D eigenvalue weighted by Crippen LogP contribution is 2.18. The first kappa shape index (κ1) is 11.5. The van der Waals surface area contributed by atoms with Crippen LogP contribution < -0.4 is 10.1 Å². The molecule has 0 bridgehead atoms. The average Bonchev–Trinajstić information content (AvgIpc) is 2.26. The Balaban J connectivity index is 2.74. The molecular weight excluding hydrogens is 201 g/mol. The number of amides is 1. The number of methoxy groups -OCH3 is 1. The zero-order valence-corrected chi connectivity index (χ0v) is 8.29. The lowest BCUT2D eigenvalue weighted by atomic mass is 10.2. The molecule has 1 aromatic rings. The second kappa shape index (κ2) is 5.31. The first-order valence-electron chi connectivity index (χ1n) is 4.37. The number of carbonyl (C=O) groups is 1. The van der Waals surface area contributed by atoms with E-state index in [0.29, 0.717) is 11.3 Å². The van der Waals surface area contributed by atoms with Crippen LogP contribution in [-0.2, 0) is 11.3 Å². The van der Waals surface area contributed by atoms with Crippen molar-refractivity contribution >= 4 is 5.91 Å². The van der Waals surface area contributed by atoms with E-state index in [0.717, 1.165) is 0 Å². The number of hydrogen-bond acceptors (Lipinski definition) is 3. The van der Waals surface area contributed by atoms with Gasteiger partial charge in [-0.05, 0) is 18.2 Å². The summed E-state index contributed by atoms with van der Waals surface area (Å²) in [7, 11) is 1.46. The molecule has 0 saturated heterocycles. The van der Waals surface area contributed by atoms with Crippen molar-refractivity contribution < 1.29 is 19.0 Å². The molecule has 0 spiro atoms. The maximum Gasteiger partial charge on any atom is 0.245 e. The van der Waals surface area contributed by atoms with Crippen molar-refractivity contribution in [1.82, 2.24) is 5.32 Å². The first-order chi connectivity index (χ1) is 7.17. The van der Waals surface area contributed by atoms with Crippen LogP contribution in [-0.4, -0.2) is 24.7 Å². The number of aliphatic hydroxyl groups excluding tert-OH is 1. The smallest absolute Gasteiger partial charge is 0.245 e. The number of carbonyl (C=O) groups excluding carboxylic acids is 1. The van der Waals surface area contributed by atoms with Crippen molar-refractivity contribution in [3.63, 3.8) is 0 Å². The van der Waals surface area contributed by atoms with Crippen LogP contribution in [0.1, 0.15) is 5.56 Å². The van der Waals surface area contributed by atoms with E-state index in [-0.39, 0.29) is 6.54 Å². The third-order valence-corrected chi connectivity index (χ3v) is 1.86. The fourth-order valence-electron chi connectivity index (χ4n) is 1.14. The van der Waals surface area contributed by atoms with Crippen LogP contribution in [0.5, 0.6) is 5.75 Å². The summed E-state index contributed by atoms with van der Waals surface area (Å²) in [6.45, 7) is -0.460. The van der Waals surface area contributed by atoms with Crippen molar-refractivity contribution in [2.75, 3.05) is 13.7 Å². The van der Waals surface area contributed by atoms with Gasteiger partial charge in [0.2, 0.25) is 5.91 Å². The Morgan fingerprint density at radius 3 is 2.93 bits per heavy atom. The molecule has 1 aromatic carbocycles. The number of halogens is 1. The highest BCUT2D eigenvalue weighted by atomic mass is 19.1. The molecule has 1 amide bonds. The third-order valence-electron chi connectivity index (χ3n) is 1.86. The predicted molar refractivity (Wildman–Crippen MR) is 51.9 cm³/mol. The van der Waals surface area contributed by atoms with Gasteiger partial charge in [-0.15, -0.1) is 0 Å². The minimum absolute atomic E-state index is 0.125. The van der Waals surface area contributed by atoms with Crippen molar-refractivity contribution in [1.29, 1.82) is 0 Å². The van der Waals surface area contributed by atoms with Gasteiger partial charge in [0.15, 0.2) is 0 Å². The molecule has 1 rings (SSSR count). The molecule has 0 radical (unpaired) electrons. The number of rotatable bonds is 4. The molecule has 0 aliphatic heterocycles. The fourth-order valence-corrected chi connectivity index (χ4v) is 1.14. The zero-order valence-electron chi connectivity index (χ0n) is 8.29. The molecule has 5 heteroatoms. The Morgan fingerprint density at radius 2 is 2.33 bits per heavy atom. The molecule has 0 atom stereocenters. The van der Waals surface area contributed by atoms with Crippen LogP contribution in [0.3, 0.4) is 0 Å². The van der Waals surface area contributed by atoms with E-state index in [1.165, 1.54) is 25.3 Å². The minimum Gasteiger partial charge on any atom is -0.496 e. The van der Waals surface area contributed by atoms with Gasteiger partial charge >= 0.3 is 0 Å². The molecule has 0 aliphatic carbocycles. The molecule has 0 fully saturated rings. The summed E-state index contributed by atoms with van der Waals surface area (Å²) in [5.74, 6) is -0.417. The Morgan fingerprint density at radius 1 is 1.60 bits per heavy atom. The molecule has 0 unspecified atom stereocenters. The summed E-state index contributed by atoms with van der Waals surface area (Å²) in [6, 6.07) is 4.03. The summed E-state index contributed by atoms with van der Waals surface area (Å²) >= 11 is 0. The molecule has 0 saturated carbocycles. The molecule has 0 aliphatic rings. The maximum absolute atomic E-state index is 12.9. The first-order valence-corrected chi connectivity index (χ1v) is 4.37. The third kappa shape index (κ3) is 3.21. The zero-order chi connectivity index (χ0) is 11.3. The number of hydrogen-bond donors (Lipinski definition) is 2. The van der Waals surface area contributed by atoms with Crippen molar-refractivity contribution in [3.8, 4) is 5.75 Å². The number of nitrogens with one attached hydrogen (secondary N) is 1. The predicted octanol–water partition coefficient (Wildman–Crippen LogP) is 0.443. The topological polar surface area (TPSA) is 58.6 Å². The molecule has 82 valence electrons. The number of ether oxygens (including phenoxy) is 1. The quantitative estimate of drug-likeness (QED) is 0.763. The van der Waals surface area contributed by atoms with E-state index >= 15 is 0 Å². The lowest BCUT2D eigenvalue weighted by molar-refractivity contribution is -0.123. The number of benzene rings is 1. The van der Waals surface area contributed by atoms with Crippen molar-refractivity contribution in [2.45, 2.75) is 6.54 Å². The van der Waals surface area contributed by atoms with E-state index in [1.807, 2.05) is 0 Å². The van der Waals surface area contributed by atoms with Crippen LogP contribution in [0.4, 0.5) is 4.39 Å². The second-order valence-electron chi connectivity index (χ2n) is 2.89. The highest BCUT2D eigenvalue weighted by molar-refractivity contribution is 5.76. The summed E-state index contributed by atoms with van der Waals surface area (Å²) in [6.07, 6.45) is 0. The van der Waals surface area contributed by atoms with E-state index in [1.54, 1.807) is 0 Å². The van der Waals surface area contributed by atoms with Crippen LogP contribution >= 0.6 is 0 Å². The van der Waals surface area contributed by atoms with Crippen LogP contribution in [0.2, 0.25) is 0 Å². The van der Waals surface area contributed by atoms with Crippen molar-refractivity contribution in [3.05, 3.63) is 29.6 Å². The molecule has 15 heavy (non-hydrogen) atoms. The Bertz CT molecular complexity index is 355. The van der Waals surface area contributed by atoms with Gasteiger partial charge in [-0.3, -0.25) is 4.79 Å². The molecular formula is C10H12FNO3. The van der Waals surface area contributed by atoms with Gasteiger partial charge in [0.1, 0.15) is 18.2 Å². The normalized spacial score (nSPS) is 9.80. The standard InChI is InChI=1S/C10H12FNO3/c1-15-9-3-2-8(11)4-7(9)5-12-10(14)6-13/h2-4,13H,5-6H2,1H3,(H,12,14). The van der Waals surface area contributed by atoms with Gasteiger partial charge in [0.25, 0.3) is 0 Å². The summed E-state index contributed by atoms with van der Waals surface area (Å²) < 4.78 is 17.9. The molecule has 0 heterocycles. The highest BCUT2D eigenvalue weighted by Gasteiger charge is 2.05. The Kier molecular flexibility index (Phi) is 4.05. The SMILES string of the molecule is COc1ccc(F)cc1CNC(=O)CO. The summed E-state index contributed by atoms with van der Waals surface area (Å²) in [5, 5.41) is 10.9. The van der Waals surface area contributed by atoms with Gasteiger partial charge in [0.05, 0.1) is 7.11 Å². The van der Waals surface area contributed by atoms with E-state index < -0.39 is 18.3 Å². The van der Waals surface area contributed by atoms with Gasteiger partial charge in [0, 0.05) is 12.1 Å². The van der Waals surface area contributed by atoms with Gasteiger partial charge in [-0.2, -0.15) is 0 Å². The van der Waals surface area contributed by atoms with Crippen LogP contribution in [0.15, 0.2) is 18.2 Å². The van der Waals surface area contributed by atoms with E-state index in [9.17, 15) is 9.18 Å². The number of aliphatic hydroxyl groups is 1. The monoisotopic (exact) mass is 213 g/mol. The van der Waals surface area contributed by atoms with E-state index in [2.05, 4.69) is 5.32 Å². The van der Waals surface area contributed by atoms with Gasteiger partial charge in [-0.25, -0.2) is 4.39 Å². The molecule has 2 N–H and O–H groups in total. The Labute approximate surface area is 86.7 Å². The second-order valence-corrected chi connectivity index (χ2v) is 2.89.